The standard InChI is InChI=1S/C43H28N2/c1-2-45-38-22-21-30(25-37(38)44-43(45)29-9-4-3-5-10-29)32-23-31-20-19-28-12-7-15-34-33-14-6-11-26-17-18-27-13-8-16-35(41(27)39(26)33)36(24-32)42(31)40(28)34/h3-25H,2H2,1H3. The largest absolute Gasteiger partial charge is 0.324 e. The second-order valence-corrected chi connectivity index (χ2v) is 12.2. The van der Waals surface area contributed by atoms with E-state index in [0.29, 0.717) is 0 Å². The maximum atomic E-state index is 5.17. The van der Waals surface area contributed by atoms with Gasteiger partial charge in [0.2, 0.25) is 0 Å². The third kappa shape index (κ3) is 3.42. The quantitative estimate of drug-likeness (QED) is 0.193. The van der Waals surface area contributed by atoms with Crippen LogP contribution in [0.1, 0.15) is 6.92 Å². The third-order valence-corrected chi connectivity index (χ3v) is 9.85. The number of hydrogen-bond acceptors (Lipinski definition) is 1. The number of rotatable bonds is 3. The Labute approximate surface area is 260 Å². The van der Waals surface area contributed by atoms with Gasteiger partial charge in [0.15, 0.2) is 0 Å². The fraction of sp³-hybridized carbons (Fsp3) is 0.0465. The maximum absolute atomic E-state index is 5.17. The van der Waals surface area contributed by atoms with Gasteiger partial charge in [0.1, 0.15) is 5.82 Å². The van der Waals surface area contributed by atoms with E-state index in [0.717, 1.165) is 23.4 Å². The SMILES string of the molecule is CCn1c(-c2ccccc2)nc2cc(-c3cc4ccc5cccc6c7cccc8ccc9cccc(c(c3)c4c56)c9c87)ccc21. The van der Waals surface area contributed by atoms with Crippen LogP contribution in [-0.4, -0.2) is 9.55 Å². The second-order valence-electron chi connectivity index (χ2n) is 12.2. The van der Waals surface area contributed by atoms with Gasteiger partial charge in [0.25, 0.3) is 0 Å². The Morgan fingerprint density at radius 1 is 0.444 bits per heavy atom. The summed E-state index contributed by atoms with van der Waals surface area (Å²) >= 11 is 0. The topological polar surface area (TPSA) is 17.8 Å². The van der Waals surface area contributed by atoms with E-state index in [4.69, 9.17) is 4.98 Å². The molecule has 1 aromatic heterocycles. The molecule has 1 heterocycles. The lowest BCUT2D eigenvalue weighted by atomic mass is 9.86. The van der Waals surface area contributed by atoms with Crippen LogP contribution in [0.25, 0.3) is 98.2 Å². The van der Waals surface area contributed by atoms with Crippen molar-refractivity contribution in [3.63, 3.8) is 0 Å². The van der Waals surface area contributed by atoms with E-state index in [-0.39, 0.29) is 0 Å². The molecule has 2 heteroatoms. The van der Waals surface area contributed by atoms with Crippen LogP contribution in [0.3, 0.4) is 0 Å². The minimum atomic E-state index is 0.868. The molecule has 0 aliphatic rings. The molecule has 0 spiro atoms. The highest BCUT2D eigenvalue weighted by atomic mass is 15.1. The van der Waals surface area contributed by atoms with Gasteiger partial charge in [-0.15, -0.1) is 0 Å². The Bertz CT molecular complexity index is 2780. The Morgan fingerprint density at radius 3 is 1.64 bits per heavy atom. The Balaban J connectivity index is 1.35. The van der Waals surface area contributed by atoms with Crippen LogP contribution in [0.2, 0.25) is 0 Å². The molecule has 0 amide bonds. The van der Waals surface area contributed by atoms with E-state index >= 15 is 0 Å². The Kier molecular flexibility index (Phi) is 5.01. The predicted molar refractivity (Wildman–Crippen MR) is 193 cm³/mol. The number of fused-ring (bicyclic) bond motifs is 3. The first kappa shape index (κ1) is 24.7. The summed E-state index contributed by atoms with van der Waals surface area (Å²) in [6.07, 6.45) is 0. The van der Waals surface area contributed by atoms with Crippen molar-refractivity contribution in [1.82, 2.24) is 9.55 Å². The minimum absolute atomic E-state index is 0.868. The minimum Gasteiger partial charge on any atom is -0.324 e. The average Bonchev–Trinajstić information content (AvgIpc) is 3.48. The smallest absolute Gasteiger partial charge is 0.141 e. The number of benzene rings is 8. The van der Waals surface area contributed by atoms with Gasteiger partial charge in [-0.05, 0) is 107 Å². The van der Waals surface area contributed by atoms with Gasteiger partial charge in [0, 0.05) is 12.1 Å². The van der Waals surface area contributed by atoms with E-state index in [1.54, 1.807) is 0 Å². The molecule has 210 valence electrons. The molecule has 0 aliphatic carbocycles. The van der Waals surface area contributed by atoms with Crippen molar-refractivity contribution in [2.45, 2.75) is 13.5 Å². The molecule has 45 heavy (non-hydrogen) atoms. The van der Waals surface area contributed by atoms with Crippen molar-refractivity contribution in [2.24, 2.45) is 0 Å². The molecule has 9 aromatic carbocycles. The maximum Gasteiger partial charge on any atom is 0.141 e. The summed E-state index contributed by atoms with van der Waals surface area (Å²) in [5.41, 5.74) is 5.73. The van der Waals surface area contributed by atoms with Gasteiger partial charge in [-0.3, -0.25) is 0 Å². The zero-order valence-electron chi connectivity index (χ0n) is 24.9. The van der Waals surface area contributed by atoms with Crippen molar-refractivity contribution in [1.29, 1.82) is 0 Å². The van der Waals surface area contributed by atoms with Crippen LogP contribution in [0.15, 0.2) is 140 Å². The van der Waals surface area contributed by atoms with Crippen molar-refractivity contribution in [2.75, 3.05) is 0 Å². The van der Waals surface area contributed by atoms with E-state index in [2.05, 4.69) is 151 Å². The number of nitrogens with zero attached hydrogens (tertiary/aromatic N) is 2. The summed E-state index contributed by atoms with van der Waals surface area (Å²) in [6.45, 7) is 3.06. The molecule has 0 N–H and O–H groups in total. The highest BCUT2D eigenvalue weighted by Crippen LogP contribution is 2.44. The van der Waals surface area contributed by atoms with Crippen molar-refractivity contribution >= 4 is 75.7 Å². The van der Waals surface area contributed by atoms with Crippen LogP contribution in [-0.2, 0) is 6.54 Å². The summed E-state index contributed by atoms with van der Waals surface area (Å²) in [5, 5.41) is 15.6. The Morgan fingerprint density at radius 2 is 1.02 bits per heavy atom. The number of aryl methyl sites for hydroxylation is 1. The van der Waals surface area contributed by atoms with Gasteiger partial charge >= 0.3 is 0 Å². The fourth-order valence-electron chi connectivity index (χ4n) is 7.89. The third-order valence-electron chi connectivity index (χ3n) is 9.85. The monoisotopic (exact) mass is 572 g/mol. The molecular formula is C43H28N2. The lowest BCUT2D eigenvalue weighted by Gasteiger charge is -2.17. The highest BCUT2D eigenvalue weighted by Gasteiger charge is 2.17. The molecule has 10 rings (SSSR count). The number of imidazole rings is 1. The lowest BCUT2D eigenvalue weighted by Crippen LogP contribution is -1.97. The van der Waals surface area contributed by atoms with Gasteiger partial charge in [-0.1, -0.05) is 115 Å². The zero-order chi connectivity index (χ0) is 29.6. The molecule has 0 unspecified atom stereocenters. The van der Waals surface area contributed by atoms with Crippen molar-refractivity contribution in [3.05, 3.63) is 140 Å². The van der Waals surface area contributed by atoms with E-state index < -0.39 is 0 Å². The van der Waals surface area contributed by atoms with Gasteiger partial charge in [0.05, 0.1) is 11.0 Å². The van der Waals surface area contributed by atoms with E-state index in [1.165, 1.54) is 81.3 Å². The highest BCUT2D eigenvalue weighted by molar-refractivity contribution is 6.37. The first-order valence-corrected chi connectivity index (χ1v) is 15.8. The van der Waals surface area contributed by atoms with Gasteiger partial charge in [-0.2, -0.15) is 0 Å². The molecule has 0 atom stereocenters. The summed E-state index contributed by atoms with van der Waals surface area (Å²) in [7, 11) is 0. The summed E-state index contributed by atoms with van der Waals surface area (Å²) in [5.74, 6) is 1.02. The average molecular weight is 573 g/mol. The van der Waals surface area contributed by atoms with Crippen LogP contribution < -0.4 is 0 Å². The molecule has 10 aromatic rings. The predicted octanol–water partition coefficient (Wildman–Crippen LogP) is 11.7. The normalized spacial score (nSPS) is 12.2. The van der Waals surface area contributed by atoms with Crippen LogP contribution >= 0.6 is 0 Å². The van der Waals surface area contributed by atoms with Crippen LogP contribution in [0.5, 0.6) is 0 Å². The fourth-order valence-corrected chi connectivity index (χ4v) is 7.89. The van der Waals surface area contributed by atoms with Crippen LogP contribution in [0, 0.1) is 0 Å². The van der Waals surface area contributed by atoms with Crippen molar-refractivity contribution < 1.29 is 0 Å². The van der Waals surface area contributed by atoms with E-state index in [9.17, 15) is 0 Å². The first-order chi connectivity index (χ1) is 22.3. The summed E-state index contributed by atoms with van der Waals surface area (Å²) < 4.78 is 2.32. The van der Waals surface area contributed by atoms with Gasteiger partial charge in [-0.25, -0.2) is 4.98 Å². The second kappa shape index (κ2) is 9.14. The van der Waals surface area contributed by atoms with Crippen LogP contribution in [0.4, 0.5) is 0 Å². The van der Waals surface area contributed by atoms with E-state index in [1.807, 2.05) is 0 Å². The molecule has 0 bridgehead atoms. The van der Waals surface area contributed by atoms with Gasteiger partial charge < -0.3 is 4.57 Å². The number of hydrogen-bond donors (Lipinski definition) is 0. The first-order valence-electron chi connectivity index (χ1n) is 15.8. The molecule has 0 radical (unpaired) electrons. The zero-order valence-corrected chi connectivity index (χ0v) is 24.9. The Hall–Kier alpha value is -5.73. The van der Waals surface area contributed by atoms with Crippen molar-refractivity contribution in [3.8, 4) is 22.5 Å². The summed E-state index contributed by atoms with van der Waals surface area (Å²) in [4.78, 5) is 5.17. The number of aromatic nitrogens is 2. The molecular weight excluding hydrogens is 544 g/mol. The molecule has 0 saturated heterocycles. The molecule has 0 aliphatic heterocycles. The summed E-state index contributed by atoms with van der Waals surface area (Å²) in [6, 6.07) is 51.6. The molecule has 0 saturated carbocycles. The lowest BCUT2D eigenvalue weighted by molar-refractivity contribution is 0.796. The molecule has 0 fully saturated rings. The molecule has 2 nitrogen and oxygen atoms in total.